The summed E-state index contributed by atoms with van der Waals surface area (Å²) >= 11 is 0. The van der Waals surface area contributed by atoms with Gasteiger partial charge in [0.2, 0.25) is 6.29 Å². The number of carbonyl (C=O) groups excluding carboxylic acids is 1. The highest BCUT2D eigenvalue weighted by molar-refractivity contribution is 5.97. The zero-order chi connectivity index (χ0) is 8.39. The number of benzene rings is 1. The smallest absolute Gasteiger partial charge is 0.235 e. The third-order valence-electron chi connectivity index (χ3n) is 1.78. The lowest BCUT2D eigenvalue weighted by Gasteiger charge is -1.96. The summed E-state index contributed by atoms with van der Waals surface area (Å²) in [6, 6.07) is 7.61. The van der Waals surface area contributed by atoms with Crippen LogP contribution in [0.15, 0.2) is 36.7 Å². The number of pyridine rings is 1. The molecular weight excluding hydrogens is 150 g/mol. The molecule has 0 aliphatic heterocycles. The summed E-state index contributed by atoms with van der Waals surface area (Å²) in [5.41, 5.74) is 0.521. The van der Waals surface area contributed by atoms with E-state index in [2.05, 4.69) is 4.98 Å². The van der Waals surface area contributed by atoms with Crippen molar-refractivity contribution in [3.8, 4) is 0 Å². The molecule has 12 heavy (non-hydrogen) atoms. The molecule has 2 heteroatoms. The van der Waals surface area contributed by atoms with E-state index in [9.17, 15) is 4.79 Å². The van der Waals surface area contributed by atoms with Gasteiger partial charge in [0, 0.05) is 17.8 Å². The van der Waals surface area contributed by atoms with E-state index in [4.69, 9.17) is 0 Å². The molecule has 57 valence electrons. The van der Waals surface area contributed by atoms with Crippen molar-refractivity contribution in [3.05, 3.63) is 42.2 Å². The van der Waals surface area contributed by atoms with Gasteiger partial charge in [0.1, 0.15) is 0 Å². The second kappa shape index (κ2) is 2.74. The minimum Gasteiger partial charge on any atom is -0.285 e. The van der Waals surface area contributed by atoms with Gasteiger partial charge in [-0.15, -0.1) is 0 Å². The van der Waals surface area contributed by atoms with Crippen LogP contribution in [0.25, 0.3) is 10.8 Å². The topological polar surface area (TPSA) is 30.0 Å². The number of nitrogens with zero attached hydrogens (tertiary/aromatic N) is 1. The number of rotatable bonds is 1. The lowest BCUT2D eigenvalue weighted by molar-refractivity contribution is 0.563. The first-order valence-electron chi connectivity index (χ1n) is 3.63. The quantitative estimate of drug-likeness (QED) is 0.628. The van der Waals surface area contributed by atoms with Crippen LogP contribution in [-0.4, -0.2) is 11.3 Å². The van der Waals surface area contributed by atoms with Gasteiger partial charge in [-0.05, 0) is 5.39 Å². The summed E-state index contributed by atoms with van der Waals surface area (Å²) in [4.78, 5) is 14.4. The zero-order valence-electron chi connectivity index (χ0n) is 6.32. The Balaban J connectivity index is 2.88. The molecule has 1 aromatic carbocycles. The normalized spacial score (nSPS) is 10.0. The summed E-state index contributed by atoms with van der Waals surface area (Å²) in [7, 11) is 0. The van der Waals surface area contributed by atoms with Crippen LogP contribution in [0.2, 0.25) is 0 Å². The van der Waals surface area contributed by atoms with E-state index >= 15 is 0 Å². The van der Waals surface area contributed by atoms with Crippen LogP contribution in [0.3, 0.4) is 0 Å². The third-order valence-corrected chi connectivity index (χ3v) is 1.78. The van der Waals surface area contributed by atoms with E-state index < -0.39 is 0 Å². The van der Waals surface area contributed by atoms with E-state index in [1.165, 1.54) is 6.20 Å². The summed E-state index contributed by atoms with van der Waals surface area (Å²) in [6.07, 6.45) is 5.11. The Bertz CT molecular complexity index is 418. The van der Waals surface area contributed by atoms with Crippen molar-refractivity contribution in [3.63, 3.8) is 0 Å². The fourth-order valence-electron chi connectivity index (χ4n) is 1.20. The number of hydrogen-bond donors (Lipinski definition) is 0. The van der Waals surface area contributed by atoms with Crippen molar-refractivity contribution in [2.24, 2.45) is 0 Å². The number of hydrogen-bond acceptors (Lipinski definition) is 2. The van der Waals surface area contributed by atoms with E-state index in [-0.39, 0.29) is 0 Å². The van der Waals surface area contributed by atoms with Gasteiger partial charge in [0.15, 0.2) is 0 Å². The molecule has 1 heterocycles. The van der Waals surface area contributed by atoms with Crippen molar-refractivity contribution in [2.45, 2.75) is 0 Å². The zero-order valence-corrected chi connectivity index (χ0v) is 6.32. The molecule has 2 rings (SSSR count). The summed E-state index contributed by atoms with van der Waals surface area (Å²) < 4.78 is 0. The molecule has 0 aliphatic rings. The summed E-state index contributed by atoms with van der Waals surface area (Å²) in [5, 5.41) is 1.88. The molecule has 1 aromatic heterocycles. The molecule has 0 amide bonds. The standard InChI is InChI=1S/C10H6NO/c12-7-9-6-11-5-8-3-1-2-4-10(8)9/h1-6H. The predicted molar refractivity (Wildman–Crippen MR) is 46.5 cm³/mol. The molecule has 0 saturated heterocycles. The van der Waals surface area contributed by atoms with Crippen molar-refractivity contribution < 1.29 is 4.79 Å². The number of aromatic nitrogens is 1. The first kappa shape index (κ1) is 6.98. The van der Waals surface area contributed by atoms with Crippen molar-refractivity contribution in [1.29, 1.82) is 0 Å². The summed E-state index contributed by atoms with van der Waals surface area (Å²) in [6.45, 7) is 0. The van der Waals surface area contributed by atoms with Crippen LogP contribution in [0.4, 0.5) is 0 Å². The van der Waals surface area contributed by atoms with Crippen LogP contribution >= 0.6 is 0 Å². The van der Waals surface area contributed by atoms with Crippen molar-refractivity contribution >= 4 is 17.1 Å². The fraction of sp³-hybridized carbons (Fsp3) is 0. The largest absolute Gasteiger partial charge is 0.285 e. The Hall–Kier alpha value is -1.70. The Morgan fingerprint density at radius 2 is 2.00 bits per heavy atom. The SMILES string of the molecule is O=[C]c1cncc2ccccc12. The van der Waals surface area contributed by atoms with Gasteiger partial charge in [0.05, 0.1) is 5.56 Å². The average Bonchev–Trinajstić information content (AvgIpc) is 2.17. The lowest BCUT2D eigenvalue weighted by Crippen LogP contribution is -1.84. The first-order valence-corrected chi connectivity index (χ1v) is 3.63. The van der Waals surface area contributed by atoms with Crippen LogP contribution < -0.4 is 0 Å². The van der Waals surface area contributed by atoms with Crippen LogP contribution in [0, 0.1) is 0 Å². The van der Waals surface area contributed by atoms with Gasteiger partial charge in [-0.2, -0.15) is 0 Å². The van der Waals surface area contributed by atoms with Gasteiger partial charge in [-0.3, -0.25) is 9.78 Å². The van der Waals surface area contributed by atoms with Crippen LogP contribution in [0.1, 0.15) is 5.56 Å². The van der Waals surface area contributed by atoms with Crippen LogP contribution in [0.5, 0.6) is 0 Å². The maximum atomic E-state index is 10.5. The van der Waals surface area contributed by atoms with E-state index in [1.807, 2.05) is 30.6 Å². The predicted octanol–water partition coefficient (Wildman–Crippen LogP) is 1.69. The molecule has 0 bridgehead atoms. The lowest BCUT2D eigenvalue weighted by atomic mass is 10.1. The highest BCUT2D eigenvalue weighted by atomic mass is 16.1. The molecule has 0 aliphatic carbocycles. The third kappa shape index (κ3) is 0.975. The molecule has 0 saturated carbocycles. The second-order valence-electron chi connectivity index (χ2n) is 2.51. The molecule has 1 radical (unpaired) electrons. The van der Waals surface area contributed by atoms with E-state index in [0.717, 1.165) is 10.8 Å². The first-order chi connectivity index (χ1) is 5.92. The minimum absolute atomic E-state index is 0.521. The van der Waals surface area contributed by atoms with Crippen molar-refractivity contribution in [2.75, 3.05) is 0 Å². The van der Waals surface area contributed by atoms with Gasteiger partial charge < -0.3 is 0 Å². The Kier molecular flexibility index (Phi) is 1.59. The molecule has 0 fully saturated rings. The van der Waals surface area contributed by atoms with Crippen LogP contribution in [-0.2, 0) is 4.79 Å². The highest BCUT2D eigenvalue weighted by Gasteiger charge is 1.98. The monoisotopic (exact) mass is 156 g/mol. The Morgan fingerprint density at radius 3 is 2.83 bits per heavy atom. The second-order valence-corrected chi connectivity index (χ2v) is 2.51. The van der Waals surface area contributed by atoms with Gasteiger partial charge >= 0.3 is 0 Å². The molecule has 0 unspecified atom stereocenters. The molecular formula is C10H6NO. The Morgan fingerprint density at radius 1 is 1.17 bits per heavy atom. The average molecular weight is 156 g/mol. The van der Waals surface area contributed by atoms with E-state index in [0.29, 0.717) is 5.56 Å². The maximum Gasteiger partial charge on any atom is 0.235 e. The van der Waals surface area contributed by atoms with Gasteiger partial charge in [-0.25, -0.2) is 0 Å². The molecule has 0 N–H and O–H groups in total. The fourth-order valence-corrected chi connectivity index (χ4v) is 1.20. The molecule has 0 atom stereocenters. The highest BCUT2D eigenvalue weighted by Crippen LogP contribution is 2.14. The van der Waals surface area contributed by atoms with Crippen molar-refractivity contribution in [1.82, 2.24) is 4.98 Å². The molecule has 2 nitrogen and oxygen atoms in total. The van der Waals surface area contributed by atoms with Gasteiger partial charge in [-0.1, -0.05) is 24.3 Å². The number of fused-ring (bicyclic) bond motifs is 1. The minimum atomic E-state index is 0.521. The molecule has 0 spiro atoms. The molecule has 2 aromatic rings. The Labute approximate surface area is 69.9 Å². The maximum absolute atomic E-state index is 10.5. The summed E-state index contributed by atoms with van der Waals surface area (Å²) in [5.74, 6) is 0. The van der Waals surface area contributed by atoms with E-state index in [1.54, 1.807) is 6.20 Å². The van der Waals surface area contributed by atoms with Gasteiger partial charge in [0.25, 0.3) is 0 Å².